The maximum atomic E-state index is 6.15. The number of hydrogen-bond donors (Lipinski definition) is 1. The molecule has 1 saturated heterocycles. The van der Waals surface area contributed by atoms with Crippen LogP contribution in [0.1, 0.15) is 37.9 Å². The van der Waals surface area contributed by atoms with Crippen LogP contribution in [0.4, 0.5) is 0 Å². The van der Waals surface area contributed by atoms with Crippen molar-refractivity contribution >= 4 is 0 Å². The van der Waals surface area contributed by atoms with Crippen LogP contribution in [0.5, 0.6) is 0 Å². The topological polar surface area (TPSA) is 21.3 Å². The lowest BCUT2D eigenvalue weighted by molar-refractivity contribution is 0.0307. The first-order chi connectivity index (χ1) is 8.34. The highest BCUT2D eigenvalue weighted by atomic mass is 16.5. The van der Waals surface area contributed by atoms with Crippen LogP contribution < -0.4 is 5.32 Å². The summed E-state index contributed by atoms with van der Waals surface area (Å²) in [5.74, 6) is 0.728. The quantitative estimate of drug-likeness (QED) is 0.802. The van der Waals surface area contributed by atoms with Gasteiger partial charge < -0.3 is 10.1 Å². The Labute approximate surface area is 103 Å². The number of nitrogens with one attached hydrogen (secondary N) is 1. The van der Waals surface area contributed by atoms with Crippen LogP contribution in [0.15, 0.2) is 30.3 Å². The Bertz CT molecular complexity index is 364. The van der Waals surface area contributed by atoms with Crippen molar-refractivity contribution in [3.63, 3.8) is 0 Å². The van der Waals surface area contributed by atoms with Crippen molar-refractivity contribution in [3.8, 4) is 0 Å². The molecule has 3 rings (SSSR count). The van der Waals surface area contributed by atoms with Crippen LogP contribution in [-0.2, 0) is 4.74 Å². The van der Waals surface area contributed by atoms with Gasteiger partial charge in [-0.05, 0) is 31.2 Å². The fraction of sp³-hybridized carbons (Fsp3) is 0.600. The van der Waals surface area contributed by atoms with E-state index in [4.69, 9.17) is 4.74 Å². The van der Waals surface area contributed by atoms with E-state index in [1.165, 1.54) is 24.8 Å². The van der Waals surface area contributed by atoms with Crippen LogP contribution in [0.2, 0.25) is 0 Å². The normalized spacial score (nSPS) is 37.5. The molecule has 0 amide bonds. The van der Waals surface area contributed by atoms with Gasteiger partial charge in [-0.3, -0.25) is 0 Å². The zero-order chi connectivity index (χ0) is 11.7. The SMILES string of the molecule is CC1NC2CCCC2COC1c1ccccc1. The predicted octanol–water partition coefficient (Wildman–Crippen LogP) is 2.90. The first-order valence-corrected chi connectivity index (χ1v) is 6.77. The molecule has 1 N–H and O–H groups in total. The summed E-state index contributed by atoms with van der Waals surface area (Å²) in [6.45, 7) is 3.17. The molecule has 17 heavy (non-hydrogen) atoms. The minimum absolute atomic E-state index is 0.210. The van der Waals surface area contributed by atoms with Crippen molar-refractivity contribution in [3.05, 3.63) is 35.9 Å². The highest BCUT2D eigenvalue weighted by Gasteiger charge is 2.34. The smallest absolute Gasteiger partial charge is 0.0975 e. The van der Waals surface area contributed by atoms with Gasteiger partial charge in [-0.2, -0.15) is 0 Å². The van der Waals surface area contributed by atoms with Gasteiger partial charge >= 0.3 is 0 Å². The number of benzene rings is 1. The molecule has 2 heteroatoms. The second-order valence-corrected chi connectivity index (χ2v) is 5.42. The van der Waals surface area contributed by atoms with E-state index in [-0.39, 0.29) is 6.10 Å². The van der Waals surface area contributed by atoms with Crippen LogP contribution >= 0.6 is 0 Å². The van der Waals surface area contributed by atoms with E-state index in [0.29, 0.717) is 12.1 Å². The molecular weight excluding hydrogens is 210 g/mol. The molecule has 1 heterocycles. The monoisotopic (exact) mass is 231 g/mol. The van der Waals surface area contributed by atoms with Gasteiger partial charge in [0.1, 0.15) is 0 Å². The molecule has 1 aromatic carbocycles. The van der Waals surface area contributed by atoms with Crippen molar-refractivity contribution in [2.24, 2.45) is 5.92 Å². The summed E-state index contributed by atoms with van der Waals surface area (Å²) in [5.41, 5.74) is 1.30. The van der Waals surface area contributed by atoms with Crippen molar-refractivity contribution < 1.29 is 4.74 Å². The average Bonchev–Trinajstić information content (AvgIpc) is 2.72. The molecule has 4 atom stereocenters. The molecular formula is C15H21NO. The first-order valence-electron chi connectivity index (χ1n) is 6.77. The van der Waals surface area contributed by atoms with Crippen LogP contribution in [0.25, 0.3) is 0 Å². The molecule has 0 aromatic heterocycles. The molecule has 1 aliphatic carbocycles. The third kappa shape index (κ3) is 2.24. The fourth-order valence-corrected chi connectivity index (χ4v) is 3.28. The Morgan fingerprint density at radius 1 is 1.18 bits per heavy atom. The summed E-state index contributed by atoms with van der Waals surface area (Å²) in [7, 11) is 0. The number of rotatable bonds is 1. The Morgan fingerprint density at radius 2 is 2.00 bits per heavy atom. The molecule has 92 valence electrons. The molecule has 4 unspecified atom stereocenters. The molecule has 1 aliphatic heterocycles. The summed E-state index contributed by atoms with van der Waals surface area (Å²) in [5, 5.41) is 3.76. The summed E-state index contributed by atoms with van der Waals surface area (Å²) < 4.78 is 6.15. The second kappa shape index (κ2) is 4.79. The van der Waals surface area contributed by atoms with Crippen molar-refractivity contribution in [2.45, 2.75) is 44.4 Å². The molecule has 2 fully saturated rings. The summed E-state index contributed by atoms with van der Waals surface area (Å²) in [4.78, 5) is 0. The minimum atomic E-state index is 0.210. The van der Waals surface area contributed by atoms with E-state index < -0.39 is 0 Å². The van der Waals surface area contributed by atoms with Gasteiger partial charge in [0.05, 0.1) is 12.7 Å². The maximum Gasteiger partial charge on any atom is 0.0975 e. The van der Waals surface area contributed by atoms with E-state index in [1.807, 2.05) is 0 Å². The largest absolute Gasteiger partial charge is 0.372 e. The number of ether oxygens (including phenoxy) is 1. The van der Waals surface area contributed by atoms with Crippen molar-refractivity contribution in [2.75, 3.05) is 6.61 Å². The van der Waals surface area contributed by atoms with Crippen LogP contribution in [0, 0.1) is 5.92 Å². The lowest BCUT2D eigenvalue weighted by Gasteiger charge is -2.24. The third-order valence-corrected chi connectivity index (χ3v) is 4.21. The molecule has 0 spiro atoms. The number of fused-ring (bicyclic) bond motifs is 1. The van der Waals surface area contributed by atoms with E-state index in [9.17, 15) is 0 Å². The van der Waals surface area contributed by atoms with E-state index in [2.05, 4.69) is 42.6 Å². The highest BCUT2D eigenvalue weighted by Crippen LogP contribution is 2.33. The van der Waals surface area contributed by atoms with Crippen molar-refractivity contribution in [1.29, 1.82) is 0 Å². The van der Waals surface area contributed by atoms with Gasteiger partial charge in [0.2, 0.25) is 0 Å². The molecule has 0 bridgehead atoms. The Hall–Kier alpha value is -0.860. The summed E-state index contributed by atoms with van der Waals surface area (Å²) in [6.07, 6.45) is 4.21. The highest BCUT2D eigenvalue weighted by molar-refractivity contribution is 5.19. The second-order valence-electron chi connectivity index (χ2n) is 5.42. The van der Waals surface area contributed by atoms with Gasteiger partial charge in [0, 0.05) is 12.1 Å². The van der Waals surface area contributed by atoms with Gasteiger partial charge in [-0.1, -0.05) is 36.8 Å². The average molecular weight is 231 g/mol. The lowest BCUT2D eigenvalue weighted by atomic mass is 10.0. The fourth-order valence-electron chi connectivity index (χ4n) is 3.28. The summed E-state index contributed by atoms with van der Waals surface area (Å²) >= 11 is 0. The van der Waals surface area contributed by atoms with Gasteiger partial charge in [0.15, 0.2) is 0 Å². The van der Waals surface area contributed by atoms with E-state index >= 15 is 0 Å². The molecule has 2 aliphatic rings. The zero-order valence-electron chi connectivity index (χ0n) is 10.4. The van der Waals surface area contributed by atoms with Gasteiger partial charge in [-0.25, -0.2) is 0 Å². The molecule has 1 aromatic rings. The Balaban J connectivity index is 1.78. The van der Waals surface area contributed by atoms with E-state index in [0.717, 1.165) is 12.5 Å². The third-order valence-electron chi connectivity index (χ3n) is 4.21. The Morgan fingerprint density at radius 3 is 2.82 bits per heavy atom. The number of hydrogen-bond acceptors (Lipinski definition) is 2. The summed E-state index contributed by atoms with van der Waals surface area (Å²) in [6, 6.07) is 11.7. The standard InChI is InChI=1S/C15H21NO/c1-11-15(12-6-3-2-4-7-12)17-10-13-8-5-9-14(13)16-11/h2-4,6-7,11,13-16H,5,8-10H2,1H3. The minimum Gasteiger partial charge on any atom is -0.372 e. The lowest BCUT2D eigenvalue weighted by Crippen LogP contribution is -2.39. The predicted molar refractivity (Wildman–Crippen MR) is 68.9 cm³/mol. The van der Waals surface area contributed by atoms with Gasteiger partial charge in [-0.15, -0.1) is 0 Å². The molecule has 0 radical (unpaired) electrons. The van der Waals surface area contributed by atoms with E-state index in [1.54, 1.807) is 0 Å². The Kier molecular flexibility index (Phi) is 3.17. The maximum absolute atomic E-state index is 6.15. The first kappa shape index (κ1) is 11.2. The molecule has 1 saturated carbocycles. The van der Waals surface area contributed by atoms with Gasteiger partial charge in [0.25, 0.3) is 0 Å². The molecule has 2 nitrogen and oxygen atoms in total. The van der Waals surface area contributed by atoms with Crippen molar-refractivity contribution in [1.82, 2.24) is 5.32 Å². The van der Waals surface area contributed by atoms with Crippen LogP contribution in [-0.4, -0.2) is 18.7 Å². The zero-order valence-corrected chi connectivity index (χ0v) is 10.4. The van der Waals surface area contributed by atoms with Crippen LogP contribution in [0.3, 0.4) is 0 Å².